The molecular formula is C27H33IN2O8. The Morgan fingerprint density at radius 1 is 1.13 bits per heavy atom. The summed E-state index contributed by atoms with van der Waals surface area (Å²) >= 11 is 2.05. The van der Waals surface area contributed by atoms with Crippen LogP contribution in [-0.2, 0) is 27.5 Å². The molecule has 206 valence electrons. The number of benzene rings is 2. The van der Waals surface area contributed by atoms with Gasteiger partial charge in [-0.05, 0) is 51.9 Å². The summed E-state index contributed by atoms with van der Waals surface area (Å²) in [7, 11) is 2.88. The number of hydrogen-bond donors (Lipinski definition) is 4. The molecule has 0 fully saturated rings. The van der Waals surface area contributed by atoms with Crippen molar-refractivity contribution < 1.29 is 39.1 Å². The summed E-state index contributed by atoms with van der Waals surface area (Å²) in [4.78, 5) is 27.6. The van der Waals surface area contributed by atoms with Crippen molar-refractivity contribution in [3.05, 3.63) is 68.8 Å². The molecule has 0 aliphatic heterocycles. The van der Waals surface area contributed by atoms with Gasteiger partial charge in [0, 0.05) is 32.2 Å². The molecule has 2 amide bonds. The molecular weight excluding hydrogens is 607 g/mol. The van der Waals surface area contributed by atoms with Gasteiger partial charge in [0.2, 0.25) is 11.8 Å². The van der Waals surface area contributed by atoms with Gasteiger partial charge in [-0.15, -0.1) is 0 Å². The molecule has 1 aliphatic carbocycles. The highest BCUT2D eigenvalue weighted by atomic mass is 127. The van der Waals surface area contributed by atoms with Crippen molar-refractivity contribution in [3.63, 3.8) is 0 Å². The molecule has 0 radical (unpaired) electrons. The number of aliphatic hydroxyl groups is 3. The van der Waals surface area contributed by atoms with Gasteiger partial charge in [0.05, 0.1) is 29.9 Å². The van der Waals surface area contributed by atoms with Crippen molar-refractivity contribution in [2.24, 2.45) is 0 Å². The summed E-state index contributed by atoms with van der Waals surface area (Å²) in [5.41, 5.74) is 1.78. The lowest BCUT2D eigenvalue weighted by molar-refractivity contribution is -0.143. The van der Waals surface area contributed by atoms with Crippen molar-refractivity contribution in [2.75, 3.05) is 34.0 Å². The molecule has 4 N–H and O–H groups in total. The van der Waals surface area contributed by atoms with Crippen LogP contribution in [0, 0.1) is 3.57 Å². The summed E-state index contributed by atoms with van der Waals surface area (Å²) in [6, 6.07) is 11.9. The summed E-state index contributed by atoms with van der Waals surface area (Å²) in [6.07, 6.45) is -0.616. The fourth-order valence-corrected chi connectivity index (χ4v) is 5.06. The maximum absolute atomic E-state index is 13.2. The standard InChI is InChI=1S/C27H33IN2O8/c1-36-16-24(33)30(14-17-6-4-3-5-7-17)21-12-19(27(35)29-8-9-31)13-22(25(21)34)38-26-20(28)10-18(15-32)11-23(26)37-2/h3-7,10-11,13,21-22,25,31-32,34H,8-9,12,14-16H2,1-2H3,(H,29,35)/t21-,22+,25+/m1/s1. The minimum atomic E-state index is -1.20. The van der Waals surface area contributed by atoms with Crippen LogP contribution in [0.1, 0.15) is 17.5 Å². The molecule has 0 heterocycles. The highest BCUT2D eigenvalue weighted by molar-refractivity contribution is 14.1. The van der Waals surface area contributed by atoms with E-state index in [2.05, 4.69) is 5.32 Å². The molecule has 10 nitrogen and oxygen atoms in total. The molecule has 38 heavy (non-hydrogen) atoms. The van der Waals surface area contributed by atoms with Crippen LogP contribution in [0.25, 0.3) is 0 Å². The van der Waals surface area contributed by atoms with E-state index in [1.54, 1.807) is 12.1 Å². The van der Waals surface area contributed by atoms with Crippen molar-refractivity contribution >= 4 is 34.4 Å². The van der Waals surface area contributed by atoms with E-state index in [0.717, 1.165) is 5.56 Å². The average molecular weight is 640 g/mol. The SMILES string of the molecule is COCC(=O)N(Cc1ccccc1)[C@@H]1CC(C(=O)NCCO)=C[C@H](Oc2c(I)cc(CO)cc2OC)[C@H]1O. The first-order chi connectivity index (χ1) is 18.3. The van der Waals surface area contributed by atoms with E-state index in [-0.39, 0.29) is 45.2 Å². The van der Waals surface area contributed by atoms with Crippen molar-refractivity contribution in [1.82, 2.24) is 10.2 Å². The molecule has 0 bridgehead atoms. The van der Waals surface area contributed by atoms with Gasteiger partial charge in [-0.25, -0.2) is 0 Å². The first-order valence-electron chi connectivity index (χ1n) is 12.1. The van der Waals surface area contributed by atoms with E-state index < -0.39 is 24.2 Å². The molecule has 2 aromatic carbocycles. The molecule has 3 rings (SSSR count). The van der Waals surface area contributed by atoms with E-state index >= 15 is 0 Å². The smallest absolute Gasteiger partial charge is 0.249 e. The number of ether oxygens (including phenoxy) is 3. The average Bonchev–Trinajstić information content (AvgIpc) is 2.93. The molecule has 0 spiro atoms. The predicted octanol–water partition coefficient (Wildman–Crippen LogP) is 1.38. The van der Waals surface area contributed by atoms with Crippen molar-refractivity contribution in [1.29, 1.82) is 0 Å². The Morgan fingerprint density at radius 2 is 1.87 bits per heavy atom. The van der Waals surface area contributed by atoms with Crippen LogP contribution in [0.5, 0.6) is 11.5 Å². The monoisotopic (exact) mass is 640 g/mol. The molecule has 3 atom stereocenters. The zero-order valence-corrected chi connectivity index (χ0v) is 23.5. The normalized spacial score (nSPS) is 18.9. The summed E-state index contributed by atoms with van der Waals surface area (Å²) in [5, 5.41) is 32.9. The number of rotatable bonds is 12. The lowest BCUT2D eigenvalue weighted by Crippen LogP contribution is -2.55. The molecule has 1 aliphatic rings. The predicted molar refractivity (Wildman–Crippen MR) is 148 cm³/mol. The lowest BCUT2D eigenvalue weighted by atomic mass is 9.87. The fourth-order valence-electron chi connectivity index (χ4n) is 4.27. The third-order valence-electron chi connectivity index (χ3n) is 6.12. The second kappa shape index (κ2) is 14.4. The van der Waals surface area contributed by atoms with Crippen molar-refractivity contribution in [3.8, 4) is 11.5 Å². The Morgan fingerprint density at radius 3 is 2.50 bits per heavy atom. The van der Waals surface area contributed by atoms with Crippen LogP contribution in [0.2, 0.25) is 0 Å². The maximum atomic E-state index is 13.2. The zero-order valence-electron chi connectivity index (χ0n) is 21.3. The summed E-state index contributed by atoms with van der Waals surface area (Å²) in [6.45, 7) is -0.379. The van der Waals surface area contributed by atoms with Crippen LogP contribution in [0.15, 0.2) is 54.1 Å². The van der Waals surface area contributed by atoms with E-state index in [1.807, 2.05) is 52.9 Å². The van der Waals surface area contributed by atoms with Crippen LogP contribution < -0.4 is 14.8 Å². The van der Waals surface area contributed by atoms with Gasteiger partial charge in [0.1, 0.15) is 18.8 Å². The first kappa shape index (κ1) is 29.8. The Kier molecular flexibility index (Phi) is 11.3. The maximum Gasteiger partial charge on any atom is 0.249 e. The quantitative estimate of drug-likeness (QED) is 0.256. The minimum Gasteiger partial charge on any atom is -0.493 e. The number of nitrogens with zero attached hydrogens (tertiary/aromatic N) is 1. The highest BCUT2D eigenvalue weighted by Gasteiger charge is 2.41. The van der Waals surface area contributed by atoms with Gasteiger partial charge in [0.15, 0.2) is 11.5 Å². The van der Waals surface area contributed by atoms with Crippen molar-refractivity contribution in [2.45, 2.75) is 37.8 Å². The van der Waals surface area contributed by atoms with E-state index in [9.17, 15) is 24.9 Å². The Hall–Kier alpha value is -2.71. The van der Waals surface area contributed by atoms with E-state index in [4.69, 9.17) is 14.2 Å². The van der Waals surface area contributed by atoms with E-state index in [1.165, 1.54) is 25.2 Å². The highest BCUT2D eigenvalue weighted by Crippen LogP contribution is 2.37. The number of nitrogens with one attached hydrogen (secondary N) is 1. The van der Waals surface area contributed by atoms with Gasteiger partial charge in [-0.1, -0.05) is 30.3 Å². The Balaban J connectivity index is 2.02. The second-order valence-corrected chi connectivity index (χ2v) is 9.89. The van der Waals surface area contributed by atoms with Crippen LogP contribution in [0.4, 0.5) is 0 Å². The number of carbonyl (C=O) groups is 2. The molecule has 0 unspecified atom stereocenters. The topological polar surface area (TPSA) is 138 Å². The number of hydrogen-bond acceptors (Lipinski definition) is 8. The minimum absolute atomic E-state index is 0.0552. The summed E-state index contributed by atoms with van der Waals surface area (Å²) in [5.74, 6) is -0.0953. The molecule has 11 heteroatoms. The van der Waals surface area contributed by atoms with Gasteiger partial charge < -0.3 is 39.7 Å². The van der Waals surface area contributed by atoms with Crippen LogP contribution >= 0.6 is 22.6 Å². The Labute approximate surface area is 235 Å². The molecule has 2 aromatic rings. The van der Waals surface area contributed by atoms with Gasteiger partial charge >= 0.3 is 0 Å². The lowest BCUT2D eigenvalue weighted by Gasteiger charge is -2.40. The fraction of sp³-hybridized carbons (Fsp3) is 0.407. The third kappa shape index (κ3) is 7.44. The van der Waals surface area contributed by atoms with Crippen LogP contribution in [-0.4, -0.2) is 84.3 Å². The number of aliphatic hydroxyl groups excluding tert-OH is 3. The molecule has 0 aromatic heterocycles. The number of halogens is 1. The largest absolute Gasteiger partial charge is 0.493 e. The number of carbonyl (C=O) groups excluding carboxylic acids is 2. The molecule has 0 saturated heterocycles. The van der Waals surface area contributed by atoms with Gasteiger partial charge in [-0.3, -0.25) is 9.59 Å². The third-order valence-corrected chi connectivity index (χ3v) is 6.93. The van der Waals surface area contributed by atoms with Gasteiger partial charge in [-0.2, -0.15) is 0 Å². The summed E-state index contributed by atoms with van der Waals surface area (Å²) < 4.78 is 17.4. The first-order valence-corrected chi connectivity index (χ1v) is 13.1. The van der Waals surface area contributed by atoms with E-state index in [0.29, 0.717) is 26.2 Å². The zero-order chi connectivity index (χ0) is 27.7. The second-order valence-electron chi connectivity index (χ2n) is 8.72. The molecule has 0 saturated carbocycles. The Bertz CT molecular complexity index is 1130. The number of methoxy groups -OCH3 is 2. The van der Waals surface area contributed by atoms with Gasteiger partial charge in [0.25, 0.3) is 0 Å². The van der Waals surface area contributed by atoms with Crippen LogP contribution in [0.3, 0.4) is 0 Å². The number of amides is 2.